The fraction of sp³-hybridized carbons (Fsp3) is 0.105. The van der Waals surface area contributed by atoms with Gasteiger partial charge >= 0.3 is 5.97 Å². The number of aliphatic carboxylic acids is 1. The average Bonchev–Trinajstić information content (AvgIpc) is 2.60. The van der Waals surface area contributed by atoms with Crippen molar-refractivity contribution < 1.29 is 18.3 Å². The summed E-state index contributed by atoms with van der Waals surface area (Å²) < 4.78 is 26.5. The first-order chi connectivity index (χ1) is 12.3. The van der Waals surface area contributed by atoms with Crippen molar-refractivity contribution in [3.8, 4) is 0 Å². The maximum Gasteiger partial charge on any atom is 0.328 e. The number of hydrogen-bond acceptors (Lipinski definition) is 3. The first kappa shape index (κ1) is 19.9. The molecule has 0 fully saturated rings. The number of benzene rings is 2. The van der Waals surface area contributed by atoms with Crippen LogP contribution in [0.1, 0.15) is 16.7 Å². The molecule has 0 saturated heterocycles. The van der Waals surface area contributed by atoms with Crippen LogP contribution >= 0.6 is 11.6 Å². The van der Waals surface area contributed by atoms with Gasteiger partial charge in [0.2, 0.25) is 10.0 Å². The van der Waals surface area contributed by atoms with Crippen molar-refractivity contribution in [1.29, 1.82) is 0 Å². The number of halogens is 1. The first-order valence-electron chi connectivity index (χ1n) is 7.77. The van der Waals surface area contributed by atoms with Gasteiger partial charge in [0, 0.05) is 23.1 Å². The Labute approximate surface area is 157 Å². The van der Waals surface area contributed by atoms with Crippen LogP contribution in [-0.4, -0.2) is 26.0 Å². The fourth-order valence-electron chi connectivity index (χ4n) is 2.09. The predicted octanol–water partition coefficient (Wildman–Crippen LogP) is 3.57. The van der Waals surface area contributed by atoms with Crippen LogP contribution in [0.15, 0.2) is 60.0 Å². The normalized spacial score (nSPS) is 12.0. The molecule has 0 aliphatic rings. The second kappa shape index (κ2) is 9.33. The van der Waals surface area contributed by atoms with Crippen molar-refractivity contribution in [2.45, 2.75) is 6.42 Å². The highest BCUT2D eigenvalue weighted by molar-refractivity contribution is 7.92. The van der Waals surface area contributed by atoms with E-state index in [1.165, 1.54) is 12.2 Å². The van der Waals surface area contributed by atoms with Gasteiger partial charge in [0.1, 0.15) is 0 Å². The summed E-state index contributed by atoms with van der Waals surface area (Å²) in [4.78, 5) is 10.5. The number of carboxylic acids is 1. The number of carbonyl (C=O) groups is 1. The van der Waals surface area contributed by atoms with Crippen molar-refractivity contribution in [3.05, 3.63) is 81.7 Å². The van der Waals surface area contributed by atoms with E-state index in [0.717, 1.165) is 28.2 Å². The predicted molar refractivity (Wildman–Crippen MR) is 104 cm³/mol. The minimum atomic E-state index is -3.53. The minimum absolute atomic E-state index is 0.262. The zero-order valence-corrected chi connectivity index (χ0v) is 15.4. The van der Waals surface area contributed by atoms with E-state index in [1.54, 1.807) is 36.4 Å². The molecule has 0 spiro atoms. The molecule has 5 nitrogen and oxygen atoms in total. The van der Waals surface area contributed by atoms with Gasteiger partial charge in [0.25, 0.3) is 0 Å². The lowest BCUT2D eigenvalue weighted by atomic mass is 10.1. The summed E-state index contributed by atoms with van der Waals surface area (Å²) in [5.41, 5.74) is 2.45. The molecule has 136 valence electrons. The molecule has 0 saturated carbocycles. The first-order valence-corrected chi connectivity index (χ1v) is 9.70. The standard InChI is InChI=1S/C19H18ClNO4S/c20-18-8-5-17(6-9-18)12-14-26(24,25)21-13-11-16-3-1-15(2-4-16)7-10-19(22)23/h1-10,12,14,21H,11,13H2,(H,22,23)/b10-7+,14-12?. The molecule has 7 heteroatoms. The highest BCUT2D eigenvalue weighted by Gasteiger charge is 2.04. The summed E-state index contributed by atoms with van der Waals surface area (Å²) in [6.07, 6.45) is 4.59. The summed E-state index contributed by atoms with van der Waals surface area (Å²) >= 11 is 5.79. The van der Waals surface area contributed by atoms with Crippen molar-refractivity contribution in [2.24, 2.45) is 0 Å². The van der Waals surface area contributed by atoms with Crippen LogP contribution < -0.4 is 4.72 Å². The van der Waals surface area contributed by atoms with Crippen LogP contribution in [0.5, 0.6) is 0 Å². The monoisotopic (exact) mass is 391 g/mol. The molecule has 0 heterocycles. The summed E-state index contributed by atoms with van der Waals surface area (Å²) in [7, 11) is -3.53. The van der Waals surface area contributed by atoms with E-state index in [9.17, 15) is 13.2 Å². The van der Waals surface area contributed by atoms with E-state index in [0.29, 0.717) is 11.4 Å². The molecule has 0 atom stereocenters. The summed E-state index contributed by atoms with van der Waals surface area (Å²) in [6, 6.07) is 14.1. The van der Waals surface area contributed by atoms with E-state index >= 15 is 0 Å². The molecule has 0 amide bonds. The van der Waals surface area contributed by atoms with Crippen LogP contribution in [0.4, 0.5) is 0 Å². The average molecular weight is 392 g/mol. The molecule has 0 aromatic heterocycles. The van der Waals surface area contributed by atoms with Gasteiger partial charge in [0.05, 0.1) is 0 Å². The quantitative estimate of drug-likeness (QED) is 0.674. The molecule has 0 unspecified atom stereocenters. The molecule has 26 heavy (non-hydrogen) atoms. The maximum absolute atomic E-state index is 12.0. The van der Waals surface area contributed by atoms with Crippen LogP contribution in [0.3, 0.4) is 0 Å². The van der Waals surface area contributed by atoms with E-state index in [4.69, 9.17) is 16.7 Å². The van der Waals surface area contributed by atoms with E-state index < -0.39 is 16.0 Å². The van der Waals surface area contributed by atoms with E-state index in [2.05, 4.69) is 4.72 Å². The molecule has 0 aliphatic carbocycles. The van der Waals surface area contributed by atoms with Crippen LogP contribution in [0.2, 0.25) is 5.02 Å². The molecule has 2 aromatic rings. The summed E-state index contributed by atoms with van der Waals surface area (Å²) in [5.74, 6) is -1.00. The molecule has 2 N–H and O–H groups in total. The topological polar surface area (TPSA) is 83.5 Å². The zero-order valence-electron chi connectivity index (χ0n) is 13.8. The largest absolute Gasteiger partial charge is 0.478 e. The van der Waals surface area contributed by atoms with Gasteiger partial charge in [-0.3, -0.25) is 0 Å². The Morgan fingerprint density at radius 2 is 1.58 bits per heavy atom. The van der Waals surface area contributed by atoms with Gasteiger partial charge in [0.15, 0.2) is 0 Å². The fourth-order valence-corrected chi connectivity index (χ4v) is 3.04. The molecule has 0 radical (unpaired) electrons. The van der Waals surface area contributed by atoms with Crippen molar-refractivity contribution in [2.75, 3.05) is 6.54 Å². The Morgan fingerprint density at radius 3 is 2.19 bits per heavy atom. The van der Waals surface area contributed by atoms with Gasteiger partial charge in [-0.05, 0) is 47.4 Å². The Morgan fingerprint density at radius 1 is 1.00 bits per heavy atom. The Balaban J connectivity index is 1.85. The van der Waals surface area contributed by atoms with Gasteiger partial charge < -0.3 is 5.11 Å². The lowest BCUT2D eigenvalue weighted by molar-refractivity contribution is -0.131. The van der Waals surface area contributed by atoms with Gasteiger partial charge in [-0.15, -0.1) is 0 Å². The SMILES string of the molecule is O=C(O)/C=C/c1ccc(CCNS(=O)(=O)C=Cc2ccc(Cl)cc2)cc1. The number of sulfonamides is 1. The Hall–Kier alpha value is -2.41. The van der Waals surface area contributed by atoms with E-state index in [1.807, 2.05) is 12.1 Å². The second-order valence-electron chi connectivity index (χ2n) is 5.46. The van der Waals surface area contributed by atoms with Crippen molar-refractivity contribution >= 4 is 39.7 Å². The summed E-state index contributed by atoms with van der Waals surface area (Å²) in [6.45, 7) is 0.262. The van der Waals surface area contributed by atoms with E-state index in [-0.39, 0.29) is 6.54 Å². The van der Waals surface area contributed by atoms with Crippen molar-refractivity contribution in [1.82, 2.24) is 4.72 Å². The highest BCUT2D eigenvalue weighted by atomic mass is 35.5. The van der Waals surface area contributed by atoms with Gasteiger partial charge in [-0.25, -0.2) is 17.9 Å². The Bertz CT molecular complexity index is 902. The molecular formula is C19H18ClNO4S. The molecule has 0 bridgehead atoms. The van der Waals surface area contributed by atoms with Crippen LogP contribution in [0, 0.1) is 0 Å². The Kier molecular flexibility index (Phi) is 7.15. The molecular weight excluding hydrogens is 374 g/mol. The molecule has 2 aromatic carbocycles. The van der Waals surface area contributed by atoms with Gasteiger partial charge in [-0.1, -0.05) is 48.0 Å². The highest BCUT2D eigenvalue weighted by Crippen LogP contribution is 2.11. The number of hydrogen-bond donors (Lipinski definition) is 2. The minimum Gasteiger partial charge on any atom is -0.478 e. The third kappa shape index (κ3) is 7.23. The third-order valence-corrected chi connectivity index (χ3v) is 4.78. The second-order valence-corrected chi connectivity index (χ2v) is 7.54. The number of nitrogens with one attached hydrogen (secondary N) is 1. The smallest absolute Gasteiger partial charge is 0.328 e. The van der Waals surface area contributed by atoms with Gasteiger partial charge in [-0.2, -0.15) is 0 Å². The van der Waals surface area contributed by atoms with Crippen molar-refractivity contribution in [3.63, 3.8) is 0 Å². The zero-order chi connectivity index (χ0) is 19.0. The molecule has 0 aliphatic heterocycles. The third-order valence-electron chi connectivity index (χ3n) is 3.42. The lowest BCUT2D eigenvalue weighted by Gasteiger charge is -2.04. The summed E-state index contributed by atoms with van der Waals surface area (Å²) in [5, 5.41) is 10.3. The molecule has 2 rings (SSSR count). The maximum atomic E-state index is 12.0. The van der Waals surface area contributed by atoms with Crippen LogP contribution in [-0.2, 0) is 21.2 Å². The number of rotatable bonds is 8. The van der Waals surface area contributed by atoms with Crippen LogP contribution in [0.25, 0.3) is 12.2 Å². The lowest BCUT2D eigenvalue weighted by Crippen LogP contribution is -2.23. The number of carboxylic acid groups (broad SMARTS) is 1.